The second-order valence-electron chi connectivity index (χ2n) is 4.96. The molecule has 1 amide bonds. The Hall–Kier alpha value is -1.75. The molecule has 0 fully saturated rings. The first-order valence-electron chi connectivity index (χ1n) is 6.72. The average Bonchev–Trinajstić information content (AvgIpc) is 2.89. The maximum atomic E-state index is 12.3. The fourth-order valence-electron chi connectivity index (χ4n) is 2.18. The van der Waals surface area contributed by atoms with Crippen LogP contribution in [0.3, 0.4) is 0 Å². The fraction of sp³-hybridized carbons (Fsp3) is 0.400. The van der Waals surface area contributed by atoms with Gasteiger partial charge in [0.2, 0.25) is 0 Å². The van der Waals surface area contributed by atoms with Gasteiger partial charge in [-0.3, -0.25) is 4.79 Å². The molecule has 5 heteroatoms. The summed E-state index contributed by atoms with van der Waals surface area (Å²) >= 11 is 1.15. The van der Waals surface area contributed by atoms with Crippen LogP contribution in [0.2, 0.25) is 0 Å². The Balaban J connectivity index is 2.17. The normalized spacial score (nSPS) is 12.2. The number of aromatic nitrogens is 2. The van der Waals surface area contributed by atoms with Crippen LogP contribution in [0.4, 0.5) is 0 Å². The van der Waals surface area contributed by atoms with Crippen molar-refractivity contribution in [3.05, 3.63) is 45.5 Å². The molecule has 0 spiro atoms. The Bertz CT molecular complexity index is 621. The molecule has 1 aromatic heterocycles. The van der Waals surface area contributed by atoms with Crippen molar-refractivity contribution in [1.29, 1.82) is 0 Å². The lowest BCUT2D eigenvalue weighted by molar-refractivity contribution is 0.0943. The van der Waals surface area contributed by atoms with Gasteiger partial charge in [0.05, 0.1) is 11.7 Å². The topological polar surface area (TPSA) is 54.9 Å². The van der Waals surface area contributed by atoms with Gasteiger partial charge in [-0.2, -0.15) is 0 Å². The van der Waals surface area contributed by atoms with E-state index < -0.39 is 0 Å². The number of hydrogen-bond acceptors (Lipinski definition) is 4. The SMILES string of the molecule is CCc1nnsc1C(=O)NC(C)c1cc(C)ccc1C. The summed E-state index contributed by atoms with van der Waals surface area (Å²) in [5.74, 6) is -0.0924. The van der Waals surface area contributed by atoms with Crippen molar-refractivity contribution < 1.29 is 4.79 Å². The van der Waals surface area contributed by atoms with Gasteiger partial charge in [0.25, 0.3) is 5.91 Å². The summed E-state index contributed by atoms with van der Waals surface area (Å²) in [6.07, 6.45) is 0.719. The number of carbonyl (C=O) groups is 1. The highest BCUT2D eigenvalue weighted by Crippen LogP contribution is 2.20. The lowest BCUT2D eigenvalue weighted by Crippen LogP contribution is -2.27. The van der Waals surface area contributed by atoms with Crippen LogP contribution in [0.5, 0.6) is 0 Å². The Morgan fingerprint density at radius 3 is 2.85 bits per heavy atom. The van der Waals surface area contributed by atoms with Crippen LogP contribution in [0.15, 0.2) is 18.2 Å². The quantitative estimate of drug-likeness (QED) is 0.940. The number of amides is 1. The van der Waals surface area contributed by atoms with Gasteiger partial charge >= 0.3 is 0 Å². The van der Waals surface area contributed by atoms with Crippen molar-refractivity contribution in [2.45, 2.75) is 40.2 Å². The van der Waals surface area contributed by atoms with Crippen LogP contribution in [-0.4, -0.2) is 15.5 Å². The smallest absolute Gasteiger partial charge is 0.265 e. The van der Waals surface area contributed by atoms with E-state index in [1.165, 1.54) is 11.1 Å². The third kappa shape index (κ3) is 3.04. The highest BCUT2D eigenvalue weighted by molar-refractivity contribution is 7.08. The molecule has 2 rings (SSSR count). The number of carbonyl (C=O) groups excluding carboxylic acids is 1. The standard InChI is InChI=1S/C15H19N3OS/c1-5-13-14(20-18-17-13)15(19)16-11(4)12-8-9(2)6-7-10(12)3/h6-8,11H,5H2,1-4H3,(H,16,19). The van der Waals surface area contributed by atoms with Gasteiger partial charge < -0.3 is 5.32 Å². The zero-order chi connectivity index (χ0) is 14.7. The van der Waals surface area contributed by atoms with Crippen molar-refractivity contribution in [3.63, 3.8) is 0 Å². The lowest BCUT2D eigenvalue weighted by Gasteiger charge is -2.17. The van der Waals surface area contributed by atoms with Gasteiger partial charge in [-0.25, -0.2) is 0 Å². The molecule has 2 aromatic rings. The molecule has 0 saturated carbocycles. The summed E-state index contributed by atoms with van der Waals surface area (Å²) < 4.78 is 3.86. The Labute approximate surface area is 123 Å². The van der Waals surface area contributed by atoms with Gasteiger partial charge in [0.1, 0.15) is 4.88 Å². The Morgan fingerprint density at radius 1 is 1.40 bits per heavy atom. The molecular formula is C15H19N3OS. The summed E-state index contributed by atoms with van der Waals surface area (Å²) in [5, 5.41) is 7.01. The molecule has 1 unspecified atom stereocenters. The number of aryl methyl sites for hydroxylation is 3. The van der Waals surface area contributed by atoms with E-state index in [4.69, 9.17) is 0 Å². The van der Waals surface area contributed by atoms with E-state index in [0.29, 0.717) is 4.88 Å². The minimum atomic E-state index is -0.0924. The number of nitrogens with zero attached hydrogens (tertiary/aromatic N) is 2. The van der Waals surface area contributed by atoms with E-state index in [1.54, 1.807) is 0 Å². The van der Waals surface area contributed by atoms with E-state index in [-0.39, 0.29) is 11.9 Å². The summed E-state index contributed by atoms with van der Waals surface area (Å²) in [5.41, 5.74) is 4.29. The van der Waals surface area contributed by atoms with Crippen LogP contribution in [0, 0.1) is 13.8 Å². The van der Waals surface area contributed by atoms with Crippen LogP contribution >= 0.6 is 11.5 Å². The molecule has 20 heavy (non-hydrogen) atoms. The second kappa shape index (κ2) is 6.13. The first-order valence-corrected chi connectivity index (χ1v) is 7.49. The van der Waals surface area contributed by atoms with Gasteiger partial charge in [-0.05, 0) is 49.9 Å². The molecule has 0 bridgehead atoms. The first kappa shape index (κ1) is 14.7. The average molecular weight is 289 g/mol. The van der Waals surface area contributed by atoms with Crippen LogP contribution in [-0.2, 0) is 6.42 Å². The minimum Gasteiger partial charge on any atom is -0.345 e. The summed E-state index contributed by atoms with van der Waals surface area (Å²) in [6, 6.07) is 6.25. The summed E-state index contributed by atoms with van der Waals surface area (Å²) in [7, 11) is 0. The maximum Gasteiger partial charge on any atom is 0.265 e. The van der Waals surface area contributed by atoms with E-state index in [0.717, 1.165) is 29.2 Å². The Kier molecular flexibility index (Phi) is 4.49. The highest BCUT2D eigenvalue weighted by Gasteiger charge is 2.18. The molecule has 1 heterocycles. The minimum absolute atomic E-state index is 0.0331. The van der Waals surface area contributed by atoms with Crippen molar-refractivity contribution in [2.24, 2.45) is 0 Å². The number of nitrogens with one attached hydrogen (secondary N) is 1. The first-order chi connectivity index (χ1) is 9.52. The molecule has 4 nitrogen and oxygen atoms in total. The summed E-state index contributed by atoms with van der Waals surface area (Å²) in [4.78, 5) is 12.9. The zero-order valence-corrected chi connectivity index (χ0v) is 13.0. The van der Waals surface area contributed by atoms with Crippen molar-refractivity contribution in [1.82, 2.24) is 14.9 Å². The molecule has 0 aliphatic heterocycles. The van der Waals surface area contributed by atoms with Gasteiger partial charge in [0.15, 0.2) is 0 Å². The fourth-order valence-corrected chi connectivity index (χ4v) is 2.83. The molecule has 1 atom stereocenters. The monoisotopic (exact) mass is 289 g/mol. The molecule has 1 N–H and O–H groups in total. The molecule has 0 aliphatic rings. The van der Waals surface area contributed by atoms with Crippen LogP contribution in [0.1, 0.15) is 51.9 Å². The number of hydrogen-bond donors (Lipinski definition) is 1. The van der Waals surface area contributed by atoms with Crippen molar-refractivity contribution in [3.8, 4) is 0 Å². The lowest BCUT2D eigenvalue weighted by atomic mass is 10.00. The molecule has 106 valence electrons. The van der Waals surface area contributed by atoms with E-state index >= 15 is 0 Å². The van der Waals surface area contributed by atoms with E-state index in [9.17, 15) is 4.79 Å². The van der Waals surface area contributed by atoms with E-state index in [2.05, 4.69) is 47.0 Å². The molecule has 0 aliphatic carbocycles. The van der Waals surface area contributed by atoms with Gasteiger partial charge in [-0.15, -0.1) is 5.10 Å². The molecule has 0 saturated heterocycles. The third-order valence-corrected chi connectivity index (χ3v) is 4.11. The second-order valence-corrected chi connectivity index (χ2v) is 5.71. The largest absolute Gasteiger partial charge is 0.345 e. The number of rotatable bonds is 4. The Morgan fingerprint density at radius 2 is 2.15 bits per heavy atom. The summed E-state index contributed by atoms with van der Waals surface area (Å²) in [6.45, 7) is 8.09. The molecular weight excluding hydrogens is 270 g/mol. The van der Waals surface area contributed by atoms with Crippen LogP contribution < -0.4 is 5.32 Å². The predicted octanol–water partition coefficient (Wildman–Crippen LogP) is 3.21. The third-order valence-electron chi connectivity index (χ3n) is 3.35. The predicted molar refractivity (Wildman–Crippen MR) is 81.1 cm³/mol. The van der Waals surface area contributed by atoms with Gasteiger partial charge in [0, 0.05) is 0 Å². The maximum absolute atomic E-state index is 12.3. The molecule has 1 aromatic carbocycles. The van der Waals surface area contributed by atoms with Crippen molar-refractivity contribution in [2.75, 3.05) is 0 Å². The number of benzene rings is 1. The molecule has 0 radical (unpaired) electrons. The highest BCUT2D eigenvalue weighted by atomic mass is 32.1. The van der Waals surface area contributed by atoms with Crippen LogP contribution in [0.25, 0.3) is 0 Å². The van der Waals surface area contributed by atoms with Crippen molar-refractivity contribution >= 4 is 17.4 Å². The van der Waals surface area contributed by atoms with E-state index in [1.807, 2.05) is 13.8 Å². The zero-order valence-electron chi connectivity index (χ0n) is 12.2. The van der Waals surface area contributed by atoms with Gasteiger partial charge in [-0.1, -0.05) is 35.2 Å².